The second-order valence-electron chi connectivity index (χ2n) is 3.20. The summed E-state index contributed by atoms with van der Waals surface area (Å²) in [5.41, 5.74) is 1.17. The summed E-state index contributed by atoms with van der Waals surface area (Å²) in [4.78, 5) is 12.0. The van der Waals surface area contributed by atoms with Crippen molar-refractivity contribution in [2.75, 3.05) is 5.75 Å². The highest BCUT2D eigenvalue weighted by molar-refractivity contribution is 7.99. The molecule has 67 valence electrons. The molecule has 1 radical (unpaired) electrons. The lowest BCUT2D eigenvalue weighted by Gasteiger charge is -2.08. The molecule has 1 atom stereocenters. The lowest BCUT2D eigenvalue weighted by Crippen LogP contribution is -1.99. The molecule has 1 aliphatic heterocycles. The summed E-state index contributed by atoms with van der Waals surface area (Å²) < 4.78 is 0. The molecule has 1 aliphatic rings. The van der Waals surface area contributed by atoms with E-state index in [1.807, 2.05) is 30.0 Å². The topological polar surface area (TPSA) is 17.1 Å². The van der Waals surface area contributed by atoms with Gasteiger partial charge in [0.05, 0.1) is 5.92 Å². The van der Waals surface area contributed by atoms with E-state index in [0.29, 0.717) is 0 Å². The summed E-state index contributed by atoms with van der Waals surface area (Å²) in [6, 6.07) is 8.16. The van der Waals surface area contributed by atoms with Crippen molar-refractivity contribution in [1.82, 2.24) is 0 Å². The Bertz CT molecular complexity index is 309. The van der Waals surface area contributed by atoms with E-state index in [0.717, 1.165) is 18.6 Å². The summed E-state index contributed by atoms with van der Waals surface area (Å²) in [5.74, 6) is 1.13. The molecule has 0 spiro atoms. The first-order chi connectivity index (χ1) is 6.42. The predicted octanol–water partition coefficient (Wildman–Crippen LogP) is 2.77. The average molecular weight is 191 g/mol. The van der Waals surface area contributed by atoms with Gasteiger partial charge in [0.1, 0.15) is 0 Å². The molecule has 0 aromatic heterocycles. The first-order valence-electron chi connectivity index (χ1n) is 4.51. The molecule has 0 amide bonds. The summed E-state index contributed by atoms with van der Waals surface area (Å²) in [5, 5.41) is 0. The van der Waals surface area contributed by atoms with Crippen LogP contribution in [-0.4, -0.2) is 12.0 Å². The monoisotopic (exact) mass is 191 g/mol. The van der Waals surface area contributed by atoms with Crippen molar-refractivity contribution in [2.24, 2.45) is 0 Å². The summed E-state index contributed by atoms with van der Waals surface area (Å²) in [6.45, 7) is 0. The fraction of sp³-hybridized carbons (Fsp3) is 0.364. The van der Waals surface area contributed by atoms with Crippen molar-refractivity contribution < 1.29 is 4.79 Å². The number of carbonyl (C=O) groups excluding carboxylic acids is 1. The van der Waals surface area contributed by atoms with Crippen LogP contribution >= 0.6 is 11.8 Å². The van der Waals surface area contributed by atoms with Crippen LogP contribution in [0.1, 0.15) is 24.3 Å². The Hall–Kier alpha value is -0.760. The molecule has 1 aromatic rings. The maximum Gasteiger partial charge on any atom is 0.206 e. The van der Waals surface area contributed by atoms with Crippen LogP contribution in [-0.2, 0) is 4.79 Å². The van der Waals surface area contributed by atoms with Gasteiger partial charge in [-0.25, -0.2) is 0 Å². The van der Waals surface area contributed by atoms with Gasteiger partial charge in [-0.2, -0.15) is 0 Å². The minimum Gasteiger partial charge on any atom is -0.290 e. The predicted molar refractivity (Wildman–Crippen MR) is 54.8 cm³/mol. The van der Waals surface area contributed by atoms with E-state index in [1.54, 1.807) is 0 Å². The molecular formula is C11H11OS. The molecule has 0 bridgehead atoms. The molecule has 0 N–H and O–H groups in total. The van der Waals surface area contributed by atoms with Crippen molar-refractivity contribution in [3.8, 4) is 0 Å². The molecule has 0 saturated carbocycles. The first-order valence-corrected chi connectivity index (χ1v) is 5.50. The van der Waals surface area contributed by atoms with Gasteiger partial charge in [0.2, 0.25) is 6.29 Å². The van der Waals surface area contributed by atoms with Crippen molar-refractivity contribution in [1.29, 1.82) is 0 Å². The van der Waals surface area contributed by atoms with E-state index in [2.05, 4.69) is 12.4 Å². The lowest BCUT2D eigenvalue weighted by molar-refractivity contribution is 0.535. The fourth-order valence-electron chi connectivity index (χ4n) is 1.65. The van der Waals surface area contributed by atoms with Crippen LogP contribution in [0, 0.1) is 0 Å². The van der Waals surface area contributed by atoms with E-state index in [-0.39, 0.29) is 5.92 Å². The summed E-state index contributed by atoms with van der Waals surface area (Å²) >= 11 is 1.85. The van der Waals surface area contributed by atoms with E-state index < -0.39 is 0 Å². The Morgan fingerprint density at radius 1 is 1.38 bits per heavy atom. The van der Waals surface area contributed by atoms with Gasteiger partial charge >= 0.3 is 0 Å². The highest BCUT2D eigenvalue weighted by Gasteiger charge is 2.18. The largest absolute Gasteiger partial charge is 0.290 e. The van der Waals surface area contributed by atoms with Crippen LogP contribution in [0.2, 0.25) is 0 Å². The molecule has 2 heteroatoms. The van der Waals surface area contributed by atoms with Gasteiger partial charge in [0.25, 0.3) is 0 Å². The molecule has 0 fully saturated rings. The van der Waals surface area contributed by atoms with Crippen LogP contribution < -0.4 is 0 Å². The maximum absolute atomic E-state index is 10.7. The zero-order valence-corrected chi connectivity index (χ0v) is 8.14. The fourth-order valence-corrected chi connectivity index (χ4v) is 2.73. The Kier molecular flexibility index (Phi) is 2.69. The van der Waals surface area contributed by atoms with E-state index in [9.17, 15) is 4.79 Å². The number of benzene rings is 1. The molecule has 2 rings (SSSR count). The minimum atomic E-state index is 0.00574. The lowest BCUT2D eigenvalue weighted by atomic mass is 9.96. The highest BCUT2D eigenvalue weighted by atomic mass is 32.2. The molecule has 1 aromatic carbocycles. The number of hydrogen-bond acceptors (Lipinski definition) is 2. The maximum atomic E-state index is 10.7. The SMILES string of the molecule is O=[C]C1CCCSc2ccccc21. The molecule has 1 heterocycles. The molecule has 0 saturated heterocycles. The van der Waals surface area contributed by atoms with Crippen LogP contribution in [0.15, 0.2) is 29.2 Å². The zero-order valence-electron chi connectivity index (χ0n) is 7.32. The van der Waals surface area contributed by atoms with Gasteiger partial charge in [-0.05, 0) is 30.2 Å². The van der Waals surface area contributed by atoms with Crippen molar-refractivity contribution >= 4 is 18.0 Å². The second kappa shape index (κ2) is 3.97. The third-order valence-corrected chi connectivity index (χ3v) is 3.51. The van der Waals surface area contributed by atoms with E-state index in [4.69, 9.17) is 0 Å². The van der Waals surface area contributed by atoms with Crippen LogP contribution in [0.3, 0.4) is 0 Å². The third-order valence-electron chi connectivity index (χ3n) is 2.33. The number of thioether (sulfide) groups is 1. The van der Waals surface area contributed by atoms with Crippen LogP contribution in [0.5, 0.6) is 0 Å². The van der Waals surface area contributed by atoms with Crippen molar-refractivity contribution in [3.05, 3.63) is 29.8 Å². The standard InChI is InChI=1S/C11H11OS/c12-8-9-4-3-7-13-11-6-2-1-5-10(9)11/h1-2,5-6,9H,3-4,7H2. The average Bonchev–Trinajstić information content (AvgIpc) is 2.39. The van der Waals surface area contributed by atoms with Crippen LogP contribution in [0.4, 0.5) is 0 Å². The normalized spacial score (nSPS) is 21.7. The molecule has 0 aliphatic carbocycles. The number of fused-ring (bicyclic) bond motifs is 1. The van der Waals surface area contributed by atoms with Gasteiger partial charge in [0.15, 0.2) is 0 Å². The van der Waals surface area contributed by atoms with Gasteiger partial charge in [-0.3, -0.25) is 4.79 Å². The quantitative estimate of drug-likeness (QED) is 0.679. The van der Waals surface area contributed by atoms with E-state index >= 15 is 0 Å². The number of hydrogen-bond donors (Lipinski definition) is 0. The van der Waals surface area contributed by atoms with Crippen molar-refractivity contribution in [3.63, 3.8) is 0 Å². The Labute approximate surface area is 82.5 Å². The second-order valence-corrected chi connectivity index (χ2v) is 4.34. The minimum absolute atomic E-state index is 0.00574. The van der Waals surface area contributed by atoms with Crippen LogP contribution in [0.25, 0.3) is 0 Å². The number of rotatable bonds is 1. The smallest absolute Gasteiger partial charge is 0.206 e. The first kappa shape index (κ1) is 8.82. The molecule has 13 heavy (non-hydrogen) atoms. The van der Waals surface area contributed by atoms with Crippen molar-refractivity contribution in [2.45, 2.75) is 23.7 Å². The van der Waals surface area contributed by atoms with Gasteiger partial charge in [0, 0.05) is 4.90 Å². The zero-order chi connectivity index (χ0) is 9.10. The molecular weight excluding hydrogens is 180 g/mol. The van der Waals surface area contributed by atoms with Gasteiger partial charge in [-0.1, -0.05) is 18.2 Å². The summed E-state index contributed by atoms with van der Waals surface area (Å²) in [6.07, 6.45) is 4.20. The summed E-state index contributed by atoms with van der Waals surface area (Å²) in [7, 11) is 0. The Balaban J connectivity index is 2.41. The third kappa shape index (κ3) is 1.78. The Morgan fingerprint density at radius 3 is 3.08 bits per heavy atom. The van der Waals surface area contributed by atoms with Gasteiger partial charge in [-0.15, -0.1) is 11.8 Å². The van der Waals surface area contributed by atoms with Gasteiger partial charge < -0.3 is 0 Å². The van der Waals surface area contributed by atoms with E-state index in [1.165, 1.54) is 10.5 Å². The Morgan fingerprint density at radius 2 is 2.23 bits per heavy atom. The molecule has 1 nitrogen and oxygen atoms in total. The highest BCUT2D eigenvalue weighted by Crippen LogP contribution is 2.34. The molecule has 1 unspecified atom stereocenters.